The molecular formula is C8H11N3O3S. The summed E-state index contributed by atoms with van der Waals surface area (Å²) in [5.74, 6) is 0. The third-order valence-corrected chi connectivity index (χ3v) is 2.94. The first-order valence-electron chi connectivity index (χ1n) is 4.01. The molecular weight excluding hydrogens is 218 g/mol. The summed E-state index contributed by atoms with van der Waals surface area (Å²) in [6, 6.07) is 3.12. The van der Waals surface area contributed by atoms with Crippen molar-refractivity contribution in [3.05, 3.63) is 23.8 Å². The molecule has 0 spiro atoms. The van der Waals surface area contributed by atoms with E-state index < -0.39 is 16.1 Å². The largest absolute Gasteiger partial charge is 0.399 e. The van der Waals surface area contributed by atoms with Crippen LogP contribution in [0, 0.1) is 6.92 Å². The number of amides is 2. The van der Waals surface area contributed by atoms with Gasteiger partial charge in [0.15, 0.2) is 0 Å². The van der Waals surface area contributed by atoms with E-state index in [-0.39, 0.29) is 4.90 Å². The SMILES string of the molecule is Cc1cc(N)cc(S(=O)(=O)NC(N)=O)c1. The number of urea groups is 1. The van der Waals surface area contributed by atoms with Crippen LogP contribution in [0.5, 0.6) is 0 Å². The molecule has 0 aliphatic carbocycles. The van der Waals surface area contributed by atoms with Gasteiger partial charge in [-0.05, 0) is 30.7 Å². The number of nitrogens with one attached hydrogen (secondary N) is 1. The van der Waals surface area contributed by atoms with Crippen molar-refractivity contribution in [2.45, 2.75) is 11.8 Å². The van der Waals surface area contributed by atoms with Crippen molar-refractivity contribution in [2.24, 2.45) is 5.73 Å². The number of rotatable bonds is 2. The zero-order chi connectivity index (χ0) is 11.6. The number of hydrogen-bond acceptors (Lipinski definition) is 4. The summed E-state index contributed by atoms with van der Waals surface area (Å²) < 4.78 is 24.6. The highest BCUT2D eigenvalue weighted by molar-refractivity contribution is 7.90. The summed E-state index contributed by atoms with van der Waals surface area (Å²) in [6.45, 7) is 1.69. The Bertz CT molecular complexity index is 476. The Labute approximate surface area is 87.3 Å². The lowest BCUT2D eigenvalue weighted by molar-refractivity contribution is 0.253. The van der Waals surface area contributed by atoms with E-state index in [0.717, 1.165) is 0 Å². The van der Waals surface area contributed by atoms with Gasteiger partial charge in [0, 0.05) is 5.69 Å². The summed E-state index contributed by atoms with van der Waals surface area (Å²) in [6.07, 6.45) is 0. The fourth-order valence-corrected chi connectivity index (χ4v) is 2.14. The Hall–Kier alpha value is -1.76. The van der Waals surface area contributed by atoms with Gasteiger partial charge < -0.3 is 11.5 Å². The summed E-state index contributed by atoms with van der Waals surface area (Å²) in [7, 11) is -3.91. The van der Waals surface area contributed by atoms with E-state index in [1.807, 2.05) is 0 Å². The van der Waals surface area contributed by atoms with Gasteiger partial charge in [-0.15, -0.1) is 0 Å². The smallest absolute Gasteiger partial charge is 0.326 e. The van der Waals surface area contributed by atoms with Gasteiger partial charge in [-0.3, -0.25) is 0 Å². The number of aryl methyl sites for hydroxylation is 1. The topological polar surface area (TPSA) is 115 Å². The molecule has 1 rings (SSSR count). The summed E-state index contributed by atoms with van der Waals surface area (Å²) in [5, 5.41) is 0. The van der Waals surface area contributed by atoms with Crippen molar-refractivity contribution in [3.63, 3.8) is 0 Å². The monoisotopic (exact) mass is 229 g/mol. The second kappa shape index (κ2) is 3.77. The zero-order valence-corrected chi connectivity index (χ0v) is 8.84. The number of anilines is 1. The van der Waals surface area contributed by atoms with Crippen molar-refractivity contribution in [1.29, 1.82) is 0 Å². The average molecular weight is 229 g/mol. The molecule has 0 aromatic heterocycles. The molecule has 0 saturated heterocycles. The van der Waals surface area contributed by atoms with Crippen LogP contribution in [-0.2, 0) is 10.0 Å². The molecule has 0 saturated carbocycles. The van der Waals surface area contributed by atoms with Gasteiger partial charge in [0.25, 0.3) is 10.0 Å². The Balaban J connectivity index is 3.21. The molecule has 5 N–H and O–H groups in total. The van der Waals surface area contributed by atoms with Crippen LogP contribution in [0.25, 0.3) is 0 Å². The highest BCUT2D eigenvalue weighted by Gasteiger charge is 2.16. The second-order valence-electron chi connectivity index (χ2n) is 3.05. The molecule has 2 amide bonds. The van der Waals surface area contributed by atoms with Crippen molar-refractivity contribution >= 4 is 21.7 Å². The van der Waals surface area contributed by atoms with Gasteiger partial charge in [0.2, 0.25) is 0 Å². The molecule has 15 heavy (non-hydrogen) atoms. The zero-order valence-electron chi connectivity index (χ0n) is 8.02. The minimum absolute atomic E-state index is 0.0844. The third-order valence-electron chi connectivity index (χ3n) is 1.62. The van der Waals surface area contributed by atoms with E-state index in [2.05, 4.69) is 0 Å². The number of carbonyl (C=O) groups is 1. The molecule has 82 valence electrons. The van der Waals surface area contributed by atoms with Crippen molar-refractivity contribution < 1.29 is 13.2 Å². The average Bonchev–Trinajstić information content (AvgIpc) is 1.99. The molecule has 0 aliphatic rings. The molecule has 0 radical (unpaired) electrons. The number of sulfonamides is 1. The standard InChI is InChI=1S/C8H11N3O3S/c1-5-2-6(9)4-7(3-5)15(13,14)11-8(10)12/h2-4H,9H2,1H3,(H3,10,11,12). The van der Waals surface area contributed by atoms with Crippen LogP contribution < -0.4 is 16.2 Å². The van der Waals surface area contributed by atoms with Gasteiger partial charge in [-0.1, -0.05) is 0 Å². The summed E-state index contributed by atoms with van der Waals surface area (Å²) >= 11 is 0. The van der Waals surface area contributed by atoms with Gasteiger partial charge >= 0.3 is 6.03 Å². The van der Waals surface area contributed by atoms with Gasteiger partial charge in [0.1, 0.15) is 0 Å². The molecule has 1 aromatic rings. The minimum atomic E-state index is -3.91. The lowest BCUT2D eigenvalue weighted by Gasteiger charge is -2.06. The maximum Gasteiger partial charge on any atom is 0.326 e. The second-order valence-corrected chi connectivity index (χ2v) is 4.73. The molecule has 0 heterocycles. The Morgan fingerprint density at radius 2 is 1.93 bits per heavy atom. The summed E-state index contributed by atoms with van der Waals surface area (Å²) in [4.78, 5) is 10.4. The van der Waals surface area contributed by atoms with Gasteiger partial charge in [0.05, 0.1) is 4.90 Å². The minimum Gasteiger partial charge on any atom is -0.399 e. The molecule has 6 nitrogen and oxygen atoms in total. The Morgan fingerprint density at radius 3 is 2.40 bits per heavy atom. The van der Waals surface area contributed by atoms with E-state index in [4.69, 9.17) is 11.5 Å². The number of nitrogens with two attached hydrogens (primary N) is 2. The lowest BCUT2D eigenvalue weighted by atomic mass is 10.2. The first-order chi connectivity index (χ1) is 6.81. The van der Waals surface area contributed by atoms with Gasteiger partial charge in [-0.25, -0.2) is 17.9 Å². The molecule has 0 aliphatic heterocycles. The lowest BCUT2D eigenvalue weighted by Crippen LogP contribution is -2.35. The normalized spacial score (nSPS) is 11.0. The quantitative estimate of drug-likeness (QED) is 0.616. The van der Waals surface area contributed by atoms with Crippen LogP contribution in [0.15, 0.2) is 23.1 Å². The molecule has 0 unspecified atom stereocenters. The number of hydrogen-bond donors (Lipinski definition) is 3. The van der Waals surface area contributed by atoms with E-state index in [1.54, 1.807) is 17.7 Å². The Morgan fingerprint density at radius 1 is 1.33 bits per heavy atom. The van der Waals surface area contributed by atoms with E-state index in [1.165, 1.54) is 12.1 Å². The molecule has 1 aromatic carbocycles. The fourth-order valence-electron chi connectivity index (χ4n) is 1.12. The third kappa shape index (κ3) is 2.84. The predicted octanol–water partition coefficient (Wildman–Crippen LogP) is -0.0658. The molecule has 0 bridgehead atoms. The maximum atomic E-state index is 11.5. The molecule has 0 fully saturated rings. The van der Waals surface area contributed by atoms with Gasteiger partial charge in [-0.2, -0.15) is 0 Å². The fraction of sp³-hybridized carbons (Fsp3) is 0.125. The highest BCUT2D eigenvalue weighted by Crippen LogP contribution is 2.15. The van der Waals surface area contributed by atoms with Crippen LogP contribution in [0.3, 0.4) is 0 Å². The number of carbonyl (C=O) groups excluding carboxylic acids is 1. The first kappa shape index (κ1) is 11.3. The Kier molecular flexibility index (Phi) is 2.85. The number of primary amides is 1. The number of nitrogen functional groups attached to an aromatic ring is 1. The highest BCUT2D eigenvalue weighted by atomic mass is 32.2. The number of benzene rings is 1. The van der Waals surface area contributed by atoms with E-state index in [0.29, 0.717) is 11.3 Å². The molecule has 7 heteroatoms. The van der Waals surface area contributed by atoms with Crippen molar-refractivity contribution in [3.8, 4) is 0 Å². The first-order valence-corrected chi connectivity index (χ1v) is 5.49. The van der Waals surface area contributed by atoms with Crippen molar-refractivity contribution in [2.75, 3.05) is 5.73 Å². The van der Waals surface area contributed by atoms with Crippen LogP contribution in [0.4, 0.5) is 10.5 Å². The van der Waals surface area contributed by atoms with Crippen LogP contribution in [-0.4, -0.2) is 14.4 Å². The van der Waals surface area contributed by atoms with Crippen LogP contribution in [0.2, 0.25) is 0 Å². The van der Waals surface area contributed by atoms with Crippen LogP contribution >= 0.6 is 0 Å². The van der Waals surface area contributed by atoms with E-state index >= 15 is 0 Å². The summed E-state index contributed by atoms with van der Waals surface area (Å²) in [5.41, 5.74) is 11.2. The van der Waals surface area contributed by atoms with Crippen LogP contribution in [0.1, 0.15) is 5.56 Å². The maximum absolute atomic E-state index is 11.5. The predicted molar refractivity (Wildman–Crippen MR) is 55.5 cm³/mol. The van der Waals surface area contributed by atoms with Crippen molar-refractivity contribution in [1.82, 2.24) is 4.72 Å². The molecule has 0 atom stereocenters. The van der Waals surface area contributed by atoms with E-state index in [9.17, 15) is 13.2 Å².